The Morgan fingerprint density at radius 2 is 1.87 bits per heavy atom. The van der Waals surface area contributed by atoms with Crippen molar-refractivity contribution in [2.75, 3.05) is 0 Å². The maximum absolute atomic E-state index is 13.6. The molecule has 2 aromatic carbocycles. The van der Waals surface area contributed by atoms with Crippen LogP contribution in [0, 0.1) is 11.2 Å². The topological polar surface area (TPSA) is 79.3 Å². The molecule has 2 aliphatic rings. The van der Waals surface area contributed by atoms with Crippen LogP contribution in [0.2, 0.25) is 0 Å². The number of hydrogen-bond acceptors (Lipinski definition) is 3. The Balaban J connectivity index is 1.45. The zero-order valence-electron chi connectivity index (χ0n) is 22.4. The summed E-state index contributed by atoms with van der Waals surface area (Å²) in [6.45, 7) is 4.51. The Bertz CT molecular complexity index is 1530. The normalized spacial score (nSPS) is 16.1. The minimum atomic E-state index is -0.814. The summed E-state index contributed by atoms with van der Waals surface area (Å²) in [7, 11) is 0. The third-order valence-corrected chi connectivity index (χ3v) is 7.76. The van der Waals surface area contributed by atoms with Gasteiger partial charge in [-0.2, -0.15) is 0 Å². The number of pyridine rings is 1. The van der Waals surface area contributed by atoms with Crippen LogP contribution >= 0.6 is 0 Å². The van der Waals surface area contributed by atoms with Crippen LogP contribution in [0.4, 0.5) is 4.39 Å². The molecule has 0 fully saturated rings. The second-order valence-corrected chi connectivity index (χ2v) is 11.0. The van der Waals surface area contributed by atoms with Gasteiger partial charge in [0.25, 0.3) is 5.91 Å². The summed E-state index contributed by atoms with van der Waals surface area (Å²) < 4.78 is 13.6. The fourth-order valence-corrected chi connectivity index (χ4v) is 5.55. The molecular weight excluding hydrogens is 491 g/mol. The first-order valence-corrected chi connectivity index (χ1v) is 13.5. The molecule has 200 valence electrons. The smallest absolute Gasteiger partial charge is 0.303 e. The predicted molar refractivity (Wildman–Crippen MR) is 152 cm³/mol. The van der Waals surface area contributed by atoms with E-state index in [0.717, 1.165) is 52.7 Å². The Kier molecular flexibility index (Phi) is 7.47. The van der Waals surface area contributed by atoms with E-state index in [-0.39, 0.29) is 23.6 Å². The van der Waals surface area contributed by atoms with Gasteiger partial charge in [0, 0.05) is 28.6 Å². The van der Waals surface area contributed by atoms with Crippen LogP contribution in [-0.4, -0.2) is 22.0 Å². The summed E-state index contributed by atoms with van der Waals surface area (Å²) in [6, 6.07) is 13.8. The molecule has 0 bridgehead atoms. The molecule has 2 aliphatic carbocycles. The summed E-state index contributed by atoms with van der Waals surface area (Å²) in [4.78, 5) is 29.2. The lowest BCUT2D eigenvalue weighted by molar-refractivity contribution is -0.137. The summed E-state index contributed by atoms with van der Waals surface area (Å²) >= 11 is 0. The van der Waals surface area contributed by atoms with E-state index in [0.29, 0.717) is 24.8 Å². The van der Waals surface area contributed by atoms with Crippen LogP contribution in [0.15, 0.2) is 83.6 Å². The summed E-state index contributed by atoms with van der Waals surface area (Å²) in [5.74, 6) is -1.27. The van der Waals surface area contributed by atoms with Crippen molar-refractivity contribution in [3.05, 3.63) is 101 Å². The van der Waals surface area contributed by atoms with E-state index >= 15 is 0 Å². The largest absolute Gasteiger partial charge is 0.481 e. The molecule has 1 heterocycles. The van der Waals surface area contributed by atoms with Gasteiger partial charge in [-0.25, -0.2) is 9.37 Å². The quantitative estimate of drug-likeness (QED) is 0.299. The van der Waals surface area contributed by atoms with Gasteiger partial charge in [-0.3, -0.25) is 9.59 Å². The van der Waals surface area contributed by atoms with Gasteiger partial charge >= 0.3 is 5.97 Å². The van der Waals surface area contributed by atoms with Crippen molar-refractivity contribution in [3.8, 4) is 11.3 Å². The highest BCUT2D eigenvalue weighted by Crippen LogP contribution is 2.45. The summed E-state index contributed by atoms with van der Waals surface area (Å²) in [6.07, 6.45) is 11.0. The Morgan fingerprint density at radius 3 is 2.64 bits per heavy atom. The third kappa shape index (κ3) is 5.85. The van der Waals surface area contributed by atoms with Gasteiger partial charge in [-0.05, 0) is 109 Å². The van der Waals surface area contributed by atoms with Crippen molar-refractivity contribution < 1.29 is 19.1 Å². The Hall–Kier alpha value is -4.06. The minimum Gasteiger partial charge on any atom is -0.481 e. The van der Waals surface area contributed by atoms with Crippen molar-refractivity contribution in [2.24, 2.45) is 5.41 Å². The number of carboxylic acid groups (broad SMARTS) is 1. The second kappa shape index (κ2) is 11.0. The summed E-state index contributed by atoms with van der Waals surface area (Å²) in [5, 5.41) is 13.0. The molecule has 5 rings (SSSR count). The number of aryl methyl sites for hydroxylation is 1. The number of amides is 1. The van der Waals surface area contributed by atoms with Crippen LogP contribution < -0.4 is 5.32 Å². The number of aliphatic carboxylic acids is 1. The van der Waals surface area contributed by atoms with Gasteiger partial charge in [0.2, 0.25) is 0 Å². The van der Waals surface area contributed by atoms with E-state index in [1.54, 1.807) is 18.2 Å². The molecule has 0 aliphatic heterocycles. The first-order chi connectivity index (χ1) is 18.7. The van der Waals surface area contributed by atoms with Gasteiger partial charge in [-0.1, -0.05) is 32.1 Å². The monoisotopic (exact) mass is 524 g/mol. The average molecular weight is 525 g/mol. The number of fused-ring (bicyclic) bond motifs is 2. The number of rotatable bonds is 8. The first kappa shape index (κ1) is 26.5. The van der Waals surface area contributed by atoms with Crippen molar-refractivity contribution >= 4 is 22.8 Å². The second-order valence-electron chi connectivity index (χ2n) is 11.0. The van der Waals surface area contributed by atoms with Crippen molar-refractivity contribution in [2.45, 2.75) is 58.8 Å². The van der Waals surface area contributed by atoms with E-state index in [2.05, 4.69) is 37.4 Å². The molecule has 5 nitrogen and oxygen atoms in total. The van der Waals surface area contributed by atoms with Crippen molar-refractivity contribution in [1.82, 2.24) is 10.3 Å². The number of carboxylic acids is 1. The number of unbranched alkanes of at least 4 members (excludes halogenated alkanes) is 1. The number of carbonyl (C=O) groups excluding carboxylic acids is 1. The van der Waals surface area contributed by atoms with Gasteiger partial charge in [0.1, 0.15) is 5.82 Å². The SMILES string of the molecule is CC1(C)CCC(NC(=O)c2ccc3nc(-c4ccc(F)cc4)c(CCCCC(=O)O)cc3c2)=C2CC=CC=C21. The maximum Gasteiger partial charge on any atom is 0.303 e. The van der Waals surface area contributed by atoms with Crippen LogP contribution in [0.3, 0.4) is 0 Å². The van der Waals surface area contributed by atoms with Gasteiger partial charge < -0.3 is 10.4 Å². The van der Waals surface area contributed by atoms with E-state index < -0.39 is 5.97 Å². The molecule has 0 unspecified atom stereocenters. The lowest BCUT2D eigenvalue weighted by Gasteiger charge is -2.37. The minimum absolute atomic E-state index is 0.0893. The van der Waals surface area contributed by atoms with E-state index in [4.69, 9.17) is 10.1 Å². The molecule has 39 heavy (non-hydrogen) atoms. The standard InChI is InChI=1S/C33H33FN2O3/c1-33(2)18-17-29(26-8-4-5-9-27(26)33)36-32(39)23-13-16-28-24(20-23)19-22(7-3-6-10-30(37)38)31(35-28)21-11-14-25(34)15-12-21/h4-5,9,11-16,19-20H,3,6-8,10,17-18H2,1-2H3,(H,36,39)(H,37,38). The molecule has 1 amide bonds. The average Bonchev–Trinajstić information content (AvgIpc) is 2.92. The van der Waals surface area contributed by atoms with E-state index in [1.807, 2.05) is 18.2 Å². The highest BCUT2D eigenvalue weighted by Gasteiger charge is 2.33. The summed E-state index contributed by atoms with van der Waals surface area (Å²) in [5.41, 5.74) is 7.40. The molecule has 1 aromatic heterocycles. The number of hydrogen-bond donors (Lipinski definition) is 2. The lowest BCUT2D eigenvalue weighted by atomic mass is 9.69. The van der Waals surface area contributed by atoms with Gasteiger partial charge in [-0.15, -0.1) is 0 Å². The van der Waals surface area contributed by atoms with Gasteiger partial charge in [0.15, 0.2) is 0 Å². The number of nitrogens with zero attached hydrogens (tertiary/aromatic N) is 1. The van der Waals surface area contributed by atoms with Crippen LogP contribution in [0.5, 0.6) is 0 Å². The number of halogens is 1. The molecule has 3 aromatic rings. The molecule has 0 radical (unpaired) electrons. The van der Waals surface area contributed by atoms with Gasteiger partial charge in [0.05, 0.1) is 11.2 Å². The Morgan fingerprint density at radius 1 is 1.08 bits per heavy atom. The fourth-order valence-electron chi connectivity index (χ4n) is 5.55. The van der Waals surface area contributed by atoms with Crippen LogP contribution in [0.25, 0.3) is 22.2 Å². The first-order valence-electron chi connectivity index (χ1n) is 13.5. The van der Waals surface area contributed by atoms with E-state index in [1.165, 1.54) is 23.3 Å². The molecule has 0 spiro atoms. The highest BCUT2D eigenvalue weighted by atomic mass is 19.1. The molecule has 0 saturated carbocycles. The molecule has 0 atom stereocenters. The number of aromatic nitrogens is 1. The zero-order chi connectivity index (χ0) is 27.6. The Labute approximate surface area is 228 Å². The zero-order valence-corrected chi connectivity index (χ0v) is 22.4. The lowest BCUT2D eigenvalue weighted by Crippen LogP contribution is -2.31. The van der Waals surface area contributed by atoms with Crippen molar-refractivity contribution in [1.29, 1.82) is 0 Å². The van der Waals surface area contributed by atoms with Crippen LogP contribution in [0.1, 0.15) is 68.3 Å². The number of carbonyl (C=O) groups is 2. The number of nitrogens with one attached hydrogen (secondary N) is 1. The van der Waals surface area contributed by atoms with Crippen molar-refractivity contribution in [3.63, 3.8) is 0 Å². The third-order valence-electron chi connectivity index (χ3n) is 7.76. The fraction of sp³-hybridized carbons (Fsp3) is 0.303. The van der Waals surface area contributed by atoms with Crippen LogP contribution in [-0.2, 0) is 11.2 Å². The molecule has 6 heteroatoms. The maximum atomic E-state index is 13.6. The molecule has 0 saturated heterocycles. The van der Waals surface area contributed by atoms with E-state index in [9.17, 15) is 14.0 Å². The predicted octanol–water partition coefficient (Wildman–Crippen LogP) is 7.53. The number of allylic oxidation sites excluding steroid dienone is 6. The molecular formula is C33H33FN2O3. The molecule has 2 N–H and O–H groups in total. The number of benzene rings is 2. The highest BCUT2D eigenvalue weighted by molar-refractivity contribution is 5.99.